The zero-order valence-corrected chi connectivity index (χ0v) is 11.9. The molecule has 0 amide bonds. The van der Waals surface area contributed by atoms with Crippen molar-refractivity contribution in [3.05, 3.63) is 59.9 Å². The first kappa shape index (κ1) is 13.6. The van der Waals surface area contributed by atoms with E-state index in [9.17, 15) is 9.90 Å². The lowest BCUT2D eigenvalue weighted by Gasteiger charge is -2.02. The van der Waals surface area contributed by atoms with Crippen LogP contribution in [0.15, 0.2) is 57.8 Å². The average Bonchev–Trinajstić information content (AvgIpc) is 2.83. The number of carboxylic acids is 1. The Hall–Kier alpha value is -2.40. The number of carbonyl (C=O) groups is 1. The van der Waals surface area contributed by atoms with Gasteiger partial charge in [0.15, 0.2) is 0 Å². The SMILES string of the molecule is Nc1cccc(SCc2oc3ccccc3c2C(=O)O)c1. The molecule has 3 N–H and O–H groups in total. The van der Waals surface area contributed by atoms with Crippen molar-refractivity contribution in [2.45, 2.75) is 10.6 Å². The molecule has 5 heteroatoms. The van der Waals surface area contributed by atoms with E-state index < -0.39 is 5.97 Å². The summed E-state index contributed by atoms with van der Waals surface area (Å²) in [5.74, 6) is -0.0565. The van der Waals surface area contributed by atoms with Gasteiger partial charge in [-0.2, -0.15) is 0 Å². The smallest absolute Gasteiger partial charge is 0.339 e. The average molecular weight is 299 g/mol. The van der Waals surface area contributed by atoms with Gasteiger partial charge in [0, 0.05) is 16.0 Å². The number of rotatable bonds is 4. The number of nitrogens with two attached hydrogens (primary N) is 1. The number of furan rings is 1. The predicted octanol–water partition coefficient (Wildman–Crippen LogP) is 4.01. The fourth-order valence-electron chi connectivity index (χ4n) is 2.19. The van der Waals surface area contributed by atoms with Gasteiger partial charge in [0.25, 0.3) is 0 Å². The quantitative estimate of drug-likeness (QED) is 0.562. The molecular weight excluding hydrogens is 286 g/mol. The van der Waals surface area contributed by atoms with Gasteiger partial charge in [-0.3, -0.25) is 0 Å². The van der Waals surface area contributed by atoms with Gasteiger partial charge in [-0.15, -0.1) is 11.8 Å². The van der Waals surface area contributed by atoms with Crippen molar-refractivity contribution in [1.82, 2.24) is 0 Å². The highest BCUT2D eigenvalue weighted by Gasteiger charge is 2.19. The Morgan fingerprint density at radius 2 is 2.00 bits per heavy atom. The van der Waals surface area contributed by atoms with Crippen LogP contribution in [0.2, 0.25) is 0 Å². The number of nitrogen functional groups attached to an aromatic ring is 1. The molecule has 1 heterocycles. The monoisotopic (exact) mass is 299 g/mol. The van der Waals surface area contributed by atoms with Gasteiger partial charge in [-0.25, -0.2) is 4.79 Å². The second-order valence-electron chi connectivity index (χ2n) is 4.56. The molecule has 0 saturated heterocycles. The molecule has 0 aliphatic rings. The van der Waals surface area contributed by atoms with Crippen molar-refractivity contribution >= 4 is 34.4 Å². The Balaban J connectivity index is 1.93. The third-order valence-corrected chi connectivity index (χ3v) is 4.10. The van der Waals surface area contributed by atoms with Crippen molar-refractivity contribution in [2.75, 3.05) is 5.73 Å². The summed E-state index contributed by atoms with van der Waals surface area (Å²) in [6.45, 7) is 0. The van der Waals surface area contributed by atoms with E-state index in [1.54, 1.807) is 18.2 Å². The van der Waals surface area contributed by atoms with E-state index in [1.165, 1.54) is 11.8 Å². The molecule has 0 bridgehead atoms. The van der Waals surface area contributed by atoms with E-state index in [1.807, 2.05) is 30.3 Å². The van der Waals surface area contributed by atoms with E-state index in [0.717, 1.165) is 4.90 Å². The van der Waals surface area contributed by atoms with Crippen LogP contribution in [0.25, 0.3) is 11.0 Å². The molecule has 0 aliphatic heterocycles. The Bertz CT molecular complexity index is 810. The maximum Gasteiger partial charge on any atom is 0.339 e. The first-order chi connectivity index (χ1) is 10.1. The molecule has 0 aliphatic carbocycles. The van der Waals surface area contributed by atoms with Crippen molar-refractivity contribution < 1.29 is 14.3 Å². The summed E-state index contributed by atoms with van der Waals surface area (Å²) in [7, 11) is 0. The lowest BCUT2D eigenvalue weighted by Crippen LogP contribution is -1.98. The molecule has 4 nitrogen and oxygen atoms in total. The maximum absolute atomic E-state index is 11.5. The number of fused-ring (bicyclic) bond motifs is 1. The van der Waals surface area contributed by atoms with Crippen LogP contribution < -0.4 is 5.73 Å². The summed E-state index contributed by atoms with van der Waals surface area (Å²) < 4.78 is 5.68. The number of hydrogen-bond acceptors (Lipinski definition) is 4. The molecule has 3 rings (SSSR count). The summed E-state index contributed by atoms with van der Waals surface area (Å²) in [6, 6.07) is 14.6. The van der Waals surface area contributed by atoms with Crippen molar-refractivity contribution in [3.63, 3.8) is 0 Å². The molecule has 0 atom stereocenters. The Morgan fingerprint density at radius 1 is 1.19 bits per heavy atom. The summed E-state index contributed by atoms with van der Waals surface area (Å²) in [5.41, 5.74) is 7.25. The van der Waals surface area contributed by atoms with Crippen LogP contribution in [0.4, 0.5) is 5.69 Å². The van der Waals surface area contributed by atoms with Crippen LogP contribution in [0.5, 0.6) is 0 Å². The minimum absolute atomic E-state index is 0.238. The molecule has 2 aromatic carbocycles. The van der Waals surface area contributed by atoms with Gasteiger partial charge < -0.3 is 15.3 Å². The lowest BCUT2D eigenvalue weighted by molar-refractivity contribution is 0.0697. The predicted molar refractivity (Wildman–Crippen MR) is 83.6 cm³/mol. The molecule has 1 aromatic heterocycles. The zero-order chi connectivity index (χ0) is 14.8. The van der Waals surface area contributed by atoms with Gasteiger partial charge in [0.05, 0.1) is 5.75 Å². The van der Waals surface area contributed by atoms with E-state index in [2.05, 4.69) is 0 Å². The lowest BCUT2D eigenvalue weighted by atomic mass is 10.1. The van der Waals surface area contributed by atoms with Crippen LogP contribution in [-0.2, 0) is 5.75 Å². The number of carboxylic acid groups (broad SMARTS) is 1. The van der Waals surface area contributed by atoms with Crippen LogP contribution in [0, 0.1) is 0 Å². The number of anilines is 1. The van der Waals surface area contributed by atoms with Gasteiger partial charge >= 0.3 is 5.97 Å². The minimum Gasteiger partial charge on any atom is -0.478 e. The van der Waals surface area contributed by atoms with Crippen LogP contribution in [0.3, 0.4) is 0 Å². The molecule has 3 aromatic rings. The number of hydrogen-bond donors (Lipinski definition) is 2. The highest BCUT2D eigenvalue weighted by molar-refractivity contribution is 7.98. The number of aromatic carboxylic acids is 1. The van der Waals surface area contributed by atoms with Gasteiger partial charge in [-0.1, -0.05) is 24.3 Å². The molecule has 0 radical (unpaired) electrons. The standard InChI is InChI=1S/C16H13NO3S/c17-10-4-3-5-11(8-10)21-9-14-15(16(18)19)12-6-1-2-7-13(12)20-14/h1-8H,9,17H2,(H,18,19). The molecule has 106 valence electrons. The van der Waals surface area contributed by atoms with Crippen molar-refractivity contribution in [1.29, 1.82) is 0 Å². The fourth-order valence-corrected chi connectivity index (χ4v) is 3.08. The van der Waals surface area contributed by atoms with E-state index in [0.29, 0.717) is 28.2 Å². The Kier molecular flexibility index (Phi) is 3.58. The molecule has 0 unspecified atom stereocenters. The van der Waals surface area contributed by atoms with E-state index >= 15 is 0 Å². The van der Waals surface area contributed by atoms with Crippen LogP contribution in [0.1, 0.15) is 16.1 Å². The summed E-state index contributed by atoms with van der Waals surface area (Å²) >= 11 is 1.50. The molecule has 0 saturated carbocycles. The first-order valence-electron chi connectivity index (χ1n) is 6.37. The minimum atomic E-state index is -0.969. The number of para-hydroxylation sites is 1. The van der Waals surface area contributed by atoms with Gasteiger partial charge in [-0.05, 0) is 24.3 Å². The zero-order valence-electron chi connectivity index (χ0n) is 11.1. The third-order valence-electron chi connectivity index (χ3n) is 3.11. The number of benzene rings is 2. The summed E-state index contributed by atoms with van der Waals surface area (Å²) in [5, 5.41) is 10.0. The summed E-state index contributed by atoms with van der Waals surface area (Å²) in [4.78, 5) is 12.5. The van der Waals surface area contributed by atoms with Gasteiger partial charge in [0.1, 0.15) is 16.9 Å². The van der Waals surface area contributed by atoms with Crippen molar-refractivity contribution in [3.8, 4) is 0 Å². The largest absolute Gasteiger partial charge is 0.478 e. The number of thioether (sulfide) groups is 1. The molecular formula is C16H13NO3S. The topological polar surface area (TPSA) is 76.5 Å². The summed E-state index contributed by atoms with van der Waals surface area (Å²) in [6.07, 6.45) is 0. The van der Waals surface area contributed by atoms with Crippen molar-refractivity contribution in [2.24, 2.45) is 0 Å². The normalized spacial score (nSPS) is 10.9. The molecule has 0 fully saturated rings. The first-order valence-corrected chi connectivity index (χ1v) is 7.36. The Morgan fingerprint density at radius 3 is 2.76 bits per heavy atom. The van der Waals surface area contributed by atoms with E-state index in [-0.39, 0.29) is 5.56 Å². The fraction of sp³-hybridized carbons (Fsp3) is 0.0625. The van der Waals surface area contributed by atoms with Crippen LogP contribution in [-0.4, -0.2) is 11.1 Å². The highest BCUT2D eigenvalue weighted by Crippen LogP contribution is 2.31. The maximum atomic E-state index is 11.5. The molecule has 21 heavy (non-hydrogen) atoms. The third kappa shape index (κ3) is 2.73. The second-order valence-corrected chi connectivity index (χ2v) is 5.61. The highest BCUT2D eigenvalue weighted by atomic mass is 32.2. The van der Waals surface area contributed by atoms with E-state index in [4.69, 9.17) is 10.2 Å². The molecule has 0 spiro atoms. The van der Waals surface area contributed by atoms with Crippen LogP contribution >= 0.6 is 11.8 Å². The Labute approximate surface area is 125 Å². The second kappa shape index (κ2) is 5.54. The van der Waals surface area contributed by atoms with Gasteiger partial charge in [0.2, 0.25) is 0 Å².